The van der Waals surface area contributed by atoms with Gasteiger partial charge in [-0.1, -0.05) is 0 Å². The molecule has 1 aliphatic rings. The lowest BCUT2D eigenvalue weighted by Crippen LogP contribution is -2.65. The second-order valence-electron chi connectivity index (χ2n) is 4.15. The molecule has 1 amide bonds. The summed E-state index contributed by atoms with van der Waals surface area (Å²) in [6, 6.07) is -0.675. The molecule has 5 atom stereocenters. The second kappa shape index (κ2) is 7.01. The fraction of sp³-hybridized carbons (Fsp3) is 0.909. The van der Waals surface area contributed by atoms with Crippen molar-refractivity contribution in [1.29, 1.82) is 0 Å². The van der Waals surface area contributed by atoms with Crippen LogP contribution in [0.5, 0.6) is 0 Å². The smallest absolute Gasteiger partial charge is 0.217 e. The summed E-state index contributed by atoms with van der Waals surface area (Å²) in [4.78, 5) is 11.1. The van der Waals surface area contributed by atoms with E-state index >= 15 is 0 Å². The first-order valence-electron chi connectivity index (χ1n) is 5.70. The number of hydrogen-bond donors (Lipinski definition) is 2. The number of carbonyl (C=O) groups is 1. The van der Waals surface area contributed by atoms with Crippen LogP contribution in [0.15, 0.2) is 0 Å². The monoisotopic (exact) mass is 263 g/mol. The fourth-order valence-electron chi connectivity index (χ4n) is 2.17. The van der Waals surface area contributed by atoms with Crippen molar-refractivity contribution >= 4 is 5.91 Å². The minimum Gasteiger partial charge on any atom is -0.382 e. The van der Waals surface area contributed by atoms with Crippen LogP contribution in [-0.4, -0.2) is 69.6 Å². The van der Waals surface area contributed by atoms with E-state index in [0.717, 1.165) is 0 Å². The van der Waals surface area contributed by atoms with Gasteiger partial charge in [0, 0.05) is 28.3 Å². The zero-order valence-electron chi connectivity index (χ0n) is 11.1. The third kappa shape index (κ3) is 3.39. The molecule has 0 spiro atoms. The van der Waals surface area contributed by atoms with Gasteiger partial charge in [0.15, 0.2) is 6.29 Å². The normalized spacial score (nSPS) is 36.4. The second-order valence-corrected chi connectivity index (χ2v) is 4.15. The molecule has 0 aromatic rings. The number of methoxy groups -OCH3 is 3. The van der Waals surface area contributed by atoms with Crippen LogP contribution in [0, 0.1) is 0 Å². The van der Waals surface area contributed by atoms with Gasteiger partial charge in [0.05, 0.1) is 6.61 Å². The third-order valence-corrected chi connectivity index (χ3v) is 2.91. The summed E-state index contributed by atoms with van der Waals surface area (Å²) in [6.07, 6.45) is -2.56. The molecule has 0 aromatic heterocycles. The van der Waals surface area contributed by atoms with Crippen LogP contribution in [0.4, 0.5) is 0 Å². The number of carbonyl (C=O) groups excluding carboxylic acids is 1. The van der Waals surface area contributed by atoms with Crippen LogP contribution in [0.25, 0.3) is 0 Å². The zero-order valence-corrected chi connectivity index (χ0v) is 11.1. The predicted octanol–water partition coefficient (Wildman–Crippen LogP) is -1.12. The quantitative estimate of drug-likeness (QED) is 0.654. The summed E-state index contributed by atoms with van der Waals surface area (Å²) in [7, 11) is 4.54. The Kier molecular flexibility index (Phi) is 5.97. The minimum atomic E-state index is -1.16. The molecule has 0 unspecified atom stereocenters. The Morgan fingerprint density at radius 1 is 1.28 bits per heavy atom. The van der Waals surface area contributed by atoms with Crippen molar-refractivity contribution in [3.63, 3.8) is 0 Å². The molecule has 18 heavy (non-hydrogen) atoms. The first kappa shape index (κ1) is 15.3. The lowest BCUT2D eigenvalue weighted by atomic mass is 9.96. The largest absolute Gasteiger partial charge is 0.382 e. The van der Waals surface area contributed by atoms with Gasteiger partial charge in [-0.2, -0.15) is 0 Å². The lowest BCUT2D eigenvalue weighted by molar-refractivity contribution is -0.264. The van der Waals surface area contributed by atoms with Gasteiger partial charge in [0.2, 0.25) is 5.91 Å². The molecule has 0 saturated carbocycles. The van der Waals surface area contributed by atoms with E-state index in [-0.39, 0.29) is 12.5 Å². The summed E-state index contributed by atoms with van der Waals surface area (Å²) < 4.78 is 21.0. The maximum atomic E-state index is 11.1. The third-order valence-electron chi connectivity index (χ3n) is 2.91. The highest BCUT2D eigenvalue weighted by atomic mass is 16.6. The standard InChI is InChI=1S/C11H21NO6/c1-6(13)12-8-10(17-4)9(16-3)7(5-15-2)18-11(8)14/h7-11,14H,5H2,1-4H3,(H,12,13)/t7-,8-,9+,10+,11-/m0/s1. The molecule has 2 N–H and O–H groups in total. The number of aliphatic hydroxyl groups is 1. The molecule has 106 valence electrons. The predicted molar refractivity (Wildman–Crippen MR) is 62.0 cm³/mol. The SMILES string of the molecule is COC[C@@H]1O[C@H](O)[C@@H](NC(C)=O)[C@@H](OC)[C@@H]1OC. The molecule has 0 bridgehead atoms. The summed E-state index contributed by atoms with van der Waals surface area (Å²) >= 11 is 0. The Balaban J connectivity index is 2.85. The Morgan fingerprint density at radius 3 is 2.33 bits per heavy atom. The number of ether oxygens (including phenoxy) is 4. The van der Waals surface area contributed by atoms with Crippen LogP contribution in [0.2, 0.25) is 0 Å². The van der Waals surface area contributed by atoms with E-state index in [1.54, 1.807) is 0 Å². The molecule has 7 heteroatoms. The topological polar surface area (TPSA) is 86.2 Å². The summed E-state index contributed by atoms with van der Waals surface area (Å²) in [5.74, 6) is -0.273. The van der Waals surface area contributed by atoms with Crippen molar-refractivity contribution in [2.45, 2.75) is 37.6 Å². The molecular weight excluding hydrogens is 242 g/mol. The molecule has 0 aliphatic carbocycles. The number of rotatable bonds is 5. The summed E-state index contributed by atoms with van der Waals surface area (Å²) in [5.41, 5.74) is 0. The Bertz CT molecular complexity index is 274. The van der Waals surface area contributed by atoms with Gasteiger partial charge in [-0.05, 0) is 0 Å². The average Bonchev–Trinajstić information content (AvgIpc) is 2.31. The molecule has 0 radical (unpaired) electrons. The van der Waals surface area contributed by atoms with Crippen molar-refractivity contribution in [1.82, 2.24) is 5.32 Å². The molecule has 0 aromatic carbocycles. The average molecular weight is 263 g/mol. The number of aliphatic hydroxyl groups excluding tert-OH is 1. The van der Waals surface area contributed by atoms with Crippen LogP contribution < -0.4 is 5.32 Å². The maximum Gasteiger partial charge on any atom is 0.217 e. The van der Waals surface area contributed by atoms with Crippen LogP contribution in [-0.2, 0) is 23.7 Å². The summed E-state index contributed by atoms with van der Waals surface area (Å²) in [5, 5.41) is 12.5. The van der Waals surface area contributed by atoms with Gasteiger partial charge in [0.25, 0.3) is 0 Å². The van der Waals surface area contributed by atoms with Crippen molar-refractivity contribution in [3.05, 3.63) is 0 Å². The zero-order chi connectivity index (χ0) is 13.7. The van der Waals surface area contributed by atoms with E-state index in [4.69, 9.17) is 18.9 Å². The molecule has 7 nitrogen and oxygen atoms in total. The van der Waals surface area contributed by atoms with Crippen molar-refractivity contribution in [2.24, 2.45) is 0 Å². The van der Waals surface area contributed by atoms with E-state index in [1.165, 1.54) is 28.3 Å². The maximum absolute atomic E-state index is 11.1. The van der Waals surface area contributed by atoms with Gasteiger partial charge in [-0.15, -0.1) is 0 Å². The Morgan fingerprint density at radius 2 is 1.89 bits per heavy atom. The van der Waals surface area contributed by atoms with Gasteiger partial charge in [0.1, 0.15) is 24.4 Å². The molecule has 1 saturated heterocycles. The van der Waals surface area contributed by atoms with Gasteiger partial charge < -0.3 is 29.4 Å². The van der Waals surface area contributed by atoms with E-state index in [2.05, 4.69) is 5.32 Å². The number of hydrogen-bond acceptors (Lipinski definition) is 6. The molecular formula is C11H21NO6. The molecule has 1 rings (SSSR count). The van der Waals surface area contributed by atoms with Crippen molar-refractivity contribution in [3.8, 4) is 0 Å². The summed E-state index contributed by atoms with van der Waals surface area (Å²) in [6.45, 7) is 1.63. The lowest BCUT2D eigenvalue weighted by Gasteiger charge is -2.43. The number of nitrogens with one attached hydrogen (secondary N) is 1. The van der Waals surface area contributed by atoms with E-state index in [0.29, 0.717) is 0 Å². The van der Waals surface area contributed by atoms with Crippen molar-refractivity contribution in [2.75, 3.05) is 27.9 Å². The van der Waals surface area contributed by atoms with Gasteiger partial charge >= 0.3 is 0 Å². The van der Waals surface area contributed by atoms with Crippen LogP contribution >= 0.6 is 0 Å². The first-order chi connectivity index (χ1) is 8.54. The highest BCUT2D eigenvalue weighted by molar-refractivity contribution is 5.73. The fourth-order valence-corrected chi connectivity index (χ4v) is 2.17. The van der Waals surface area contributed by atoms with E-state index < -0.39 is 30.6 Å². The molecule has 1 fully saturated rings. The highest BCUT2D eigenvalue weighted by Crippen LogP contribution is 2.24. The van der Waals surface area contributed by atoms with Crippen LogP contribution in [0.1, 0.15) is 6.92 Å². The minimum absolute atomic E-state index is 0.266. The van der Waals surface area contributed by atoms with Gasteiger partial charge in [-0.3, -0.25) is 4.79 Å². The van der Waals surface area contributed by atoms with Crippen molar-refractivity contribution < 1.29 is 28.8 Å². The highest BCUT2D eigenvalue weighted by Gasteiger charge is 2.46. The number of amides is 1. The van der Waals surface area contributed by atoms with E-state index in [1.807, 2.05) is 0 Å². The van der Waals surface area contributed by atoms with E-state index in [9.17, 15) is 9.90 Å². The molecule has 1 heterocycles. The van der Waals surface area contributed by atoms with Gasteiger partial charge in [-0.25, -0.2) is 0 Å². The van der Waals surface area contributed by atoms with Crippen LogP contribution in [0.3, 0.4) is 0 Å². The molecule has 1 aliphatic heterocycles. The first-order valence-corrected chi connectivity index (χ1v) is 5.70. The Hall–Kier alpha value is -0.730. The Labute approximate surface area is 106 Å².